The summed E-state index contributed by atoms with van der Waals surface area (Å²) >= 11 is 5.77. The summed E-state index contributed by atoms with van der Waals surface area (Å²) in [7, 11) is 1.83. The predicted molar refractivity (Wildman–Crippen MR) is 104 cm³/mol. The van der Waals surface area contributed by atoms with E-state index in [0.717, 1.165) is 36.2 Å². The maximum Gasteiger partial charge on any atom is 0.270 e. The maximum atomic E-state index is 12.8. The van der Waals surface area contributed by atoms with E-state index in [9.17, 15) is 4.79 Å². The number of benzene rings is 1. The van der Waals surface area contributed by atoms with Gasteiger partial charge in [0.25, 0.3) is 5.91 Å². The van der Waals surface area contributed by atoms with E-state index in [1.165, 1.54) is 0 Å². The van der Waals surface area contributed by atoms with Gasteiger partial charge in [0.15, 0.2) is 0 Å². The van der Waals surface area contributed by atoms with Crippen molar-refractivity contribution in [1.82, 2.24) is 9.47 Å². The first-order valence-corrected chi connectivity index (χ1v) is 9.48. The molecule has 0 spiro atoms. The van der Waals surface area contributed by atoms with Crippen molar-refractivity contribution < 1.29 is 9.63 Å². The number of amides is 1. The second-order valence-electron chi connectivity index (χ2n) is 6.44. The lowest BCUT2D eigenvalue weighted by Crippen LogP contribution is -2.28. The predicted octanol–water partition coefficient (Wildman–Crippen LogP) is 3.90. The summed E-state index contributed by atoms with van der Waals surface area (Å²) in [6.07, 6.45) is 4.51. The summed E-state index contributed by atoms with van der Waals surface area (Å²) in [4.78, 5) is 20.1. The molecule has 0 N–H and O–H groups in total. The normalized spacial score (nSPS) is 15.8. The van der Waals surface area contributed by atoms with Crippen LogP contribution >= 0.6 is 11.6 Å². The van der Waals surface area contributed by atoms with Crippen molar-refractivity contribution in [1.29, 1.82) is 0 Å². The second-order valence-corrected chi connectivity index (χ2v) is 6.82. The fourth-order valence-corrected chi connectivity index (χ4v) is 3.24. The molecular formula is C20H24ClN3O2. The molecule has 1 amide bonds. The summed E-state index contributed by atoms with van der Waals surface area (Å²) in [5, 5.41) is 4.36. The molecule has 1 aromatic heterocycles. The van der Waals surface area contributed by atoms with Crippen molar-refractivity contribution in [3.05, 3.63) is 59.4 Å². The molecule has 2 heterocycles. The summed E-state index contributed by atoms with van der Waals surface area (Å²) in [6, 6.07) is 11.9. The van der Waals surface area contributed by atoms with E-state index in [1.54, 1.807) is 4.90 Å². The number of carbonyl (C=O) groups excluding carboxylic acids is 1. The Morgan fingerprint density at radius 1 is 1.19 bits per heavy atom. The zero-order valence-corrected chi connectivity index (χ0v) is 15.8. The number of rotatable bonds is 7. The largest absolute Gasteiger partial charge is 0.391 e. The first-order chi connectivity index (χ1) is 12.7. The number of nitrogens with zero attached hydrogens (tertiary/aromatic N) is 3. The van der Waals surface area contributed by atoms with Gasteiger partial charge in [0.2, 0.25) is 0 Å². The molecule has 1 aliphatic heterocycles. The SMILES string of the molecule is CN1CCC(=NOCc2ccccc2)c2ccn(CCCCCl)c2C1=O. The summed E-state index contributed by atoms with van der Waals surface area (Å²) in [6.45, 7) is 1.82. The summed E-state index contributed by atoms with van der Waals surface area (Å²) < 4.78 is 2.01. The third kappa shape index (κ3) is 4.28. The van der Waals surface area contributed by atoms with Gasteiger partial charge in [-0.05, 0) is 24.5 Å². The van der Waals surface area contributed by atoms with Crippen molar-refractivity contribution in [2.75, 3.05) is 19.5 Å². The van der Waals surface area contributed by atoms with Crippen LogP contribution in [0, 0.1) is 0 Å². The van der Waals surface area contributed by atoms with Gasteiger partial charge < -0.3 is 14.3 Å². The lowest BCUT2D eigenvalue weighted by molar-refractivity contribution is 0.0790. The Morgan fingerprint density at radius 3 is 2.77 bits per heavy atom. The zero-order valence-electron chi connectivity index (χ0n) is 15.0. The molecule has 0 radical (unpaired) electrons. The minimum atomic E-state index is 0.0316. The van der Waals surface area contributed by atoms with Crippen LogP contribution in [0.4, 0.5) is 0 Å². The maximum absolute atomic E-state index is 12.8. The van der Waals surface area contributed by atoms with Gasteiger partial charge in [0.1, 0.15) is 12.3 Å². The highest BCUT2D eigenvalue weighted by molar-refractivity contribution is 6.17. The van der Waals surface area contributed by atoms with Crippen LogP contribution in [0.5, 0.6) is 0 Å². The van der Waals surface area contributed by atoms with E-state index in [1.807, 2.05) is 54.2 Å². The highest BCUT2D eigenvalue weighted by Crippen LogP contribution is 2.21. The average Bonchev–Trinajstić information content (AvgIpc) is 3.03. The van der Waals surface area contributed by atoms with Gasteiger partial charge in [-0.25, -0.2) is 0 Å². The molecule has 0 saturated carbocycles. The van der Waals surface area contributed by atoms with Gasteiger partial charge in [-0.2, -0.15) is 0 Å². The van der Waals surface area contributed by atoms with Gasteiger partial charge in [-0.1, -0.05) is 35.5 Å². The number of fused-ring (bicyclic) bond motifs is 1. The molecule has 0 fully saturated rings. The summed E-state index contributed by atoms with van der Waals surface area (Å²) in [5.41, 5.74) is 3.46. The van der Waals surface area contributed by atoms with Crippen LogP contribution in [0.15, 0.2) is 47.8 Å². The molecule has 0 saturated heterocycles. The second kappa shape index (κ2) is 8.90. The number of carbonyl (C=O) groups is 1. The van der Waals surface area contributed by atoms with E-state index in [0.29, 0.717) is 31.1 Å². The van der Waals surface area contributed by atoms with E-state index in [-0.39, 0.29) is 5.91 Å². The highest BCUT2D eigenvalue weighted by atomic mass is 35.5. The molecule has 138 valence electrons. The van der Waals surface area contributed by atoms with Crippen LogP contribution in [-0.2, 0) is 18.0 Å². The molecule has 2 aromatic rings. The third-order valence-electron chi connectivity index (χ3n) is 4.54. The number of oxime groups is 1. The molecule has 0 aliphatic carbocycles. The smallest absolute Gasteiger partial charge is 0.270 e. The van der Waals surface area contributed by atoms with Gasteiger partial charge in [-0.3, -0.25) is 4.79 Å². The number of aryl methyl sites for hydroxylation is 1. The van der Waals surface area contributed by atoms with E-state index < -0.39 is 0 Å². The molecule has 5 nitrogen and oxygen atoms in total. The highest BCUT2D eigenvalue weighted by Gasteiger charge is 2.27. The molecule has 26 heavy (non-hydrogen) atoms. The topological polar surface area (TPSA) is 46.8 Å². The van der Waals surface area contributed by atoms with Crippen molar-refractivity contribution in [3.8, 4) is 0 Å². The molecular weight excluding hydrogens is 350 g/mol. The lowest BCUT2D eigenvalue weighted by Gasteiger charge is -2.15. The van der Waals surface area contributed by atoms with E-state index in [4.69, 9.17) is 16.4 Å². The first kappa shape index (κ1) is 18.5. The number of aromatic nitrogens is 1. The van der Waals surface area contributed by atoms with Crippen LogP contribution in [-0.4, -0.2) is 40.6 Å². The molecule has 6 heteroatoms. The molecule has 0 atom stereocenters. The number of alkyl halides is 1. The molecule has 0 bridgehead atoms. The molecule has 1 aromatic carbocycles. The Labute approximate surface area is 159 Å². The van der Waals surface area contributed by atoms with Crippen LogP contribution in [0.3, 0.4) is 0 Å². The Balaban J connectivity index is 1.80. The Bertz CT molecular complexity index is 771. The van der Waals surface area contributed by atoms with Gasteiger partial charge in [-0.15, -0.1) is 11.6 Å². The number of halogens is 1. The number of unbranched alkanes of at least 4 members (excludes halogenated alkanes) is 1. The van der Waals surface area contributed by atoms with Crippen molar-refractivity contribution in [2.45, 2.75) is 32.4 Å². The van der Waals surface area contributed by atoms with Crippen LogP contribution in [0.2, 0.25) is 0 Å². The lowest BCUT2D eigenvalue weighted by atomic mass is 10.1. The number of hydrogen-bond donors (Lipinski definition) is 0. The van der Waals surface area contributed by atoms with Crippen molar-refractivity contribution in [3.63, 3.8) is 0 Å². The van der Waals surface area contributed by atoms with Crippen LogP contribution in [0.25, 0.3) is 0 Å². The fourth-order valence-electron chi connectivity index (χ4n) is 3.05. The standard InChI is InChI=1S/C20H24ClN3O2/c1-23-13-10-18(22-26-15-16-7-3-2-4-8-16)17-9-14-24(12-6-5-11-21)19(17)20(23)25/h2-4,7-9,14H,5-6,10-13,15H2,1H3. The third-order valence-corrected chi connectivity index (χ3v) is 4.81. The number of hydrogen-bond acceptors (Lipinski definition) is 3. The van der Waals surface area contributed by atoms with Gasteiger partial charge in [0.05, 0.1) is 5.71 Å². The Kier molecular flexibility index (Phi) is 6.34. The minimum Gasteiger partial charge on any atom is -0.391 e. The van der Waals surface area contributed by atoms with Crippen molar-refractivity contribution >= 4 is 23.2 Å². The van der Waals surface area contributed by atoms with Crippen molar-refractivity contribution in [2.24, 2.45) is 5.16 Å². The van der Waals surface area contributed by atoms with Crippen LogP contribution in [0.1, 0.15) is 40.9 Å². The quantitative estimate of drug-likeness (QED) is 0.419. The van der Waals surface area contributed by atoms with E-state index >= 15 is 0 Å². The molecule has 1 aliphatic rings. The van der Waals surface area contributed by atoms with Gasteiger partial charge >= 0.3 is 0 Å². The fraction of sp³-hybridized carbons (Fsp3) is 0.400. The first-order valence-electron chi connectivity index (χ1n) is 8.94. The monoisotopic (exact) mass is 373 g/mol. The van der Waals surface area contributed by atoms with Gasteiger partial charge in [0, 0.05) is 44.2 Å². The van der Waals surface area contributed by atoms with E-state index in [2.05, 4.69) is 5.16 Å². The molecule has 3 rings (SSSR count). The molecule has 0 unspecified atom stereocenters. The summed E-state index contributed by atoms with van der Waals surface area (Å²) in [5.74, 6) is 0.668. The zero-order chi connectivity index (χ0) is 18.4. The van der Waals surface area contributed by atoms with Crippen LogP contribution < -0.4 is 0 Å². The Hall–Kier alpha value is -2.27. The minimum absolute atomic E-state index is 0.0316. The average molecular weight is 374 g/mol. The Morgan fingerprint density at radius 2 is 2.00 bits per heavy atom.